The molecule has 0 bridgehead atoms. The Morgan fingerprint density at radius 3 is 2.12 bits per heavy atom. The first kappa shape index (κ1) is 14.9. The molecule has 2 amide bonds. The number of amides is 2. The van der Waals surface area contributed by atoms with Crippen molar-refractivity contribution in [2.24, 2.45) is 11.7 Å². The van der Waals surface area contributed by atoms with Gasteiger partial charge in [0.1, 0.15) is 0 Å². The van der Waals surface area contributed by atoms with Gasteiger partial charge in [0.25, 0.3) is 0 Å². The summed E-state index contributed by atoms with van der Waals surface area (Å²) in [4.78, 5) is 26.6. The van der Waals surface area contributed by atoms with Gasteiger partial charge in [0, 0.05) is 32.6 Å². The molecular formula is C11H23N3O2. The van der Waals surface area contributed by atoms with Crippen molar-refractivity contribution in [3.63, 3.8) is 0 Å². The molecule has 0 spiro atoms. The lowest BCUT2D eigenvalue weighted by Crippen LogP contribution is -2.43. The molecule has 0 saturated heterocycles. The maximum Gasteiger partial charge on any atom is 0.242 e. The molecule has 94 valence electrons. The van der Waals surface area contributed by atoms with Crippen molar-refractivity contribution < 1.29 is 9.59 Å². The third-order valence-corrected chi connectivity index (χ3v) is 2.64. The Bertz CT molecular complexity index is 239. The molecule has 0 heterocycles. The third-order valence-electron chi connectivity index (χ3n) is 2.64. The quantitative estimate of drug-likeness (QED) is 0.692. The minimum Gasteiger partial charge on any atom is -0.342 e. The second-order valence-electron chi connectivity index (χ2n) is 3.90. The Balaban J connectivity index is 4.28. The monoisotopic (exact) mass is 229 g/mol. The molecule has 2 N–H and O–H groups in total. The molecular weight excluding hydrogens is 206 g/mol. The summed E-state index contributed by atoms with van der Waals surface area (Å²) in [6, 6.07) is 0. The fourth-order valence-electron chi connectivity index (χ4n) is 1.43. The van der Waals surface area contributed by atoms with Crippen LogP contribution in [0.2, 0.25) is 0 Å². The summed E-state index contributed by atoms with van der Waals surface area (Å²) >= 11 is 0. The summed E-state index contributed by atoms with van der Waals surface area (Å²) in [6.45, 7) is 7.39. The predicted molar refractivity (Wildman–Crippen MR) is 63.8 cm³/mol. The number of nitrogens with zero attached hydrogens (tertiary/aromatic N) is 2. The molecule has 0 saturated carbocycles. The maximum absolute atomic E-state index is 11.7. The highest BCUT2D eigenvalue weighted by atomic mass is 16.2. The van der Waals surface area contributed by atoms with Crippen LogP contribution in [-0.4, -0.2) is 54.8 Å². The van der Waals surface area contributed by atoms with E-state index < -0.39 is 0 Å². The number of nitrogens with two attached hydrogens (primary N) is 1. The number of hydrogen-bond donors (Lipinski definition) is 1. The zero-order valence-electron chi connectivity index (χ0n) is 10.7. The molecule has 0 fully saturated rings. The van der Waals surface area contributed by atoms with Gasteiger partial charge < -0.3 is 15.5 Å². The summed E-state index contributed by atoms with van der Waals surface area (Å²) in [5.41, 5.74) is 5.41. The average molecular weight is 229 g/mol. The summed E-state index contributed by atoms with van der Waals surface area (Å²) in [5.74, 6) is -0.331. The van der Waals surface area contributed by atoms with Crippen LogP contribution < -0.4 is 5.73 Å². The average Bonchev–Trinajstić information content (AvgIpc) is 2.28. The maximum atomic E-state index is 11.7. The van der Waals surface area contributed by atoms with Crippen LogP contribution in [0.15, 0.2) is 0 Å². The zero-order valence-corrected chi connectivity index (χ0v) is 10.7. The first-order chi connectivity index (χ1) is 7.47. The highest BCUT2D eigenvalue weighted by Crippen LogP contribution is 2.00. The SMILES string of the molecule is CCN(CC)C(=O)CN(C)C(=O)C(C)CN. The van der Waals surface area contributed by atoms with Crippen LogP contribution in [0.25, 0.3) is 0 Å². The van der Waals surface area contributed by atoms with E-state index in [0.29, 0.717) is 19.6 Å². The Labute approximate surface area is 97.6 Å². The van der Waals surface area contributed by atoms with Gasteiger partial charge in [-0.25, -0.2) is 0 Å². The van der Waals surface area contributed by atoms with Gasteiger partial charge >= 0.3 is 0 Å². The van der Waals surface area contributed by atoms with E-state index in [0.717, 1.165) is 0 Å². The van der Waals surface area contributed by atoms with Crippen molar-refractivity contribution in [1.82, 2.24) is 9.80 Å². The first-order valence-corrected chi connectivity index (χ1v) is 5.70. The summed E-state index contributed by atoms with van der Waals surface area (Å²) in [7, 11) is 1.63. The molecule has 0 aliphatic heterocycles. The van der Waals surface area contributed by atoms with E-state index in [4.69, 9.17) is 5.73 Å². The van der Waals surface area contributed by atoms with E-state index in [-0.39, 0.29) is 24.3 Å². The van der Waals surface area contributed by atoms with Crippen molar-refractivity contribution >= 4 is 11.8 Å². The minimum absolute atomic E-state index is 0.0231. The van der Waals surface area contributed by atoms with Crippen LogP contribution in [0.5, 0.6) is 0 Å². The van der Waals surface area contributed by atoms with E-state index in [2.05, 4.69) is 0 Å². The van der Waals surface area contributed by atoms with Crippen molar-refractivity contribution in [3.8, 4) is 0 Å². The van der Waals surface area contributed by atoms with Gasteiger partial charge in [-0.2, -0.15) is 0 Å². The number of carbonyl (C=O) groups excluding carboxylic acids is 2. The van der Waals surface area contributed by atoms with E-state index in [1.54, 1.807) is 18.9 Å². The van der Waals surface area contributed by atoms with Crippen LogP contribution in [0.4, 0.5) is 0 Å². The van der Waals surface area contributed by atoms with Gasteiger partial charge in [0.15, 0.2) is 0 Å². The van der Waals surface area contributed by atoms with Crippen molar-refractivity contribution in [3.05, 3.63) is 0 Å². The molecule has 16 heavy (non-hydrogen) atoms. The van der Waals surface area contributed by atoms with Crippen LogP contribution in [0.3, 0.4) is 0 Å². The first-order valence-electron chi connectivity index (χ1n) is 5.70. The fourth-order valence-corrected chi connectivity index (χ4v) is 1.43. The van der Waals surface area contributed by atoms with Crippen molar-refractivity contribution in [1.29, 1.82) is 0 Å². The van der Waals surface area contributed by atoms with Crippen LogP contribution in [0, 0.1) is 5.92 Å². The van der Waals surface area contributed by atoms with Gasteiger partial charge in [-0.15, -0.1) is 0 Å². The van der Waals surface area contributed by atoms with Crippen molar-refractivity contribution in [2.45, 2.75) is 20.8 Å². The summed E-state index contributed by atoms with van der Waals surface area (Å²) < 4.78 is 0. The molecule has 0 aromatic heterocycles. The molecule has 0 aromatic rings. The Hall–Kier alpha value is -1.10. The van der Waals surface area contributed by atoms with E-state index >= 15 is 0 Å². The molecule has 0 rings (SSSR count). The van der Waals surface area contributed by atoms with Crippen molar-refractivity contribution in [2.75, 3.05) is 33.2 Å². The Kier molecular flexibility index (Phi) is 6.72. The summed E-state index contributed by atoms with van der Waals surface area (Å²) in [5, 5.41) is 0. The smallest absolute Gasteiger partial charge is 0.242 e. The van der Waals surface area contributed by atoms with E-state index in [9.17, 15) is 9.59 Å². The molecule has 0 aliphatic carbocycles. The number of hydrogen-bond acceptors (Lipinski definition) is 3. The summed E-state index contributed by atoms with van der Waals surface area (Å²) in [6.07, 6.45) is 0. The zero-order chi connectivity index (χ0) is 12.7. The molecule has 1 unspecified atom stereocenters. The lowest BCUT2D eigenvalue weighted by Gasteiger charge is -2.24. The standard InChI is InChI=1S/C11H23N3O2/c1-5-14(6-2)10(15)8-13(4)11(16)9(3)7-12/h9H,5-8,12H2,1-4H3. The second-order valence-corrected chi connectivity index (χ2v) is 3.90. The van der Waals surface area contributed by atoms with Gasteiger partial charge in [-0.3, -0.25) is 9.59 Å². The third kappa shape index (κ3) is 4.18. The molecule has 5 nitrogen and oxygen atoms in total. The van der Waals surface area contributed by atoms with Gasteiger partial charge in [-0.05, 0) is 13.8 Å². The number of rotatable bonds is 6. The van der Waals surface area contributed by atoms with Gasteiger partial charge in [-0.1, -0.05) is 6.92 Å². The van der Waals surface area contributed by atoms with Gasteiger partial charge in [0.05, 0.1) is 6.54 Å². The molecule has 1 atom stereocenters. The van der Waals surface area contributed by atoms with Gasteiger partial charge in [0.2, 0.25) is 11.8 Å². The van der Waals surface area contributed by atoms with E-state index in [1.807, 2.05) is 13.8 Å². The lowest BCUT2D eigenvalue weighted by atomic mass is 10.1. The fraction of sp³-hybridized carbons (Fsp3) is 0.818. The molecule has 0 radical (unpaired) electrons. The predicted octanol–water partition coefficient (Wildman–Crippen LogP) is -0.0920. The van der Waals surface area contributed by atoms with E-state index in [1.165, 1.54) is 4.90 Å². The molecule has 0 aliphatic rings. The highest BCUT2D eigenvalue weighted by Gasteiger charge is 2.19. The van der Waals surface area contributed by atoms with Crippen LogP contribution >= 0.6 is 0 Å². The largest absolute Gasteiger partial charge is 0.342 e. The second kappa shape index (κ2) is 7.22. The minimum atomic E-state index is -0.227. The highest BCUT2D eigenvalue weighted by molar-refractivity contribution is 5.85. The normalized spacial score (nSPS) is 12.1. The topological polar surface area (TPSA) is 66.6 Å². The number of carbonyl (C=O) groups is 2. The van der Waals surface area contributed by atoms with Crippen LogP contribution in [-0.2, 0) is 9.59 Å². The lowest BCUT2D eigenvalue weighted by molar-refractivity contribution is -0.141. The number of likely N-dealkylation sites (N-methyl/N-ethyl adjacent to an activating group) is 2. The molecule has 5 heteroatoms. The Morgan fingerprint density at radius 2 is 1.75 bits per heavy atom. The van der Waals surface area contributed by atoms with Crippen LogP contribution in [0.1, 0.15) is 20.8 Å². The Morgan fingerprint density at radius 1 is 1.25 bits per heavy atom. The molecule has 0 aromatic carbocycles.